The Morgan fingerprint density at radius 1 is 1.42 bits per heavy atom. The van der Waals surface area contributed by atoms with Gasteiger partial charge in [-0.1, -0.05) is 23.2 Å². The standard InChI is InChI=1S/C13H13Cl2N3O/c1-9-16-4-6-18(9)7-5-17-13(19)11-3-2-10(14)8-12(11)15/h2-4,6,8H,5,7H2,1H3,(H,17,19). The van der Waals surface area contributed by atoms with Crippen LogP contribution in [0.2, 0.25) is 10.0 Å². The molecule has 0 spiro atoms. The van der Waals surface area contributed by atoms with Gasteiger partial charge in [-0.15, -0.1) is 0 Å². The highest BCUT2D eigenvalue weighted by atomic mass is 35.5. The van der Waals surface area contributed by atoms with Crippen molar-refractivity contribution in [2.75, 3.05) is 6.54 Å². The van der Waals surface area contributed by atoms with Crippen LogP contribution >= 0.6 is 23.2 Å². The molecule has 0 aliphatic carbocycles. The maximum atomic E-state index is 11.9. The minimum atomic E-state index is -0.209. The molecule has 6 heteroatoms. The SMILES string of the molecule is Cc1nccn1CCNC(=O)c1ccc(Cl)cc1Cl. The number of halogens is 2. The molecule has 19 heavy (non-hydrogen) atoms. The predicted octanol–water partition coefficient (Wildman–Crippen LogP) is 2.93. The number of aryl methyl sites for hydroxylation is 1. The van der Waals surface area contributed by atoms with Crippen molar-refractivity contribution in [1.29, 1.82) is 0 Å². The Morgan fingerprint density at radius 3 is 2.84 bits per heavy atom. The highest BCUT2D eigenvalue weighted by Gasteiger charge is 2.10. The van der Waals surface area contributed by atoms with Gasteiger partial charge in [-0.25, -0.2) is 4.98 Å². The maximum absolute atomic E-state index is 11.9. The summed E-state index contributed by atoms with van der Waals surface area (Å²) >= 11 is 11.8. The molecular formula is C13H13Cl2N3O. The molecule has 1 amide bonds. The van der Waals surface area contributed by atoms with Crippen LogP contribution in [0.25, 0.3) is 0 Å². The number of nitrogens with one attached hydrogen (secondary N) is 1. The van der Waals surface area contributed by atoms with Gasteiger partial charge in [0.05, 0.1) is 10.6 Å². The van der Waals surface area contributed by atoms with E-state index in [0.717, 1.165) is 5.82 Å². The summed E-state index contributed by atoms with van der Waals surface area (Å²) in [6, 6.07) is 4.81. The van der Waals surface area contributed by atoms with Gasteiger partial charge in [-0.3, -0.25) is 4.79 Å². The smallest absolute Gasteiger partial charge is 0.252 e. The zero-order chi connectivity index (χ0) is 13.8. The Labute approximate surface area is 121 Å². The summed E-state index contributed by atoms with van der Waals surface area (Å²) in [6.07, 6.45) is 3.60. The largest absolute Gasteiger partial charge is 0.350 e. The molecule has 2 rings (SSSR count). The third kappa shape index (κ3) is 3.49. The van der Waals surface area contributed by atoms with Crippen LogP contribution in [0, 0.1) is 6.92 Å². The predicted molar refractivity (Wildman–Crippen MR) is 75.8 cm³/mol. The Morgan fingerprint density at radius 2 is 2.21 bits per heavy atom. The summed E-state index contributed by atoms with van der Waals surface area (Å²) in [7, 11) is 0. The number of hydrogen-bond donors (Lipinski definition) is 1. The lowest BCUT2D eigenvalue weighted by molar-refractivity contribution is 0.0952. The van der Waals surface area contributed by atoms with Crippen molar-refractivity contribution >= 4 is 29.1 Å². The maximum Gasteiger partial charge on any atom is 0.252 e. The van der Waals surface area contributed by atoms with Crippen LogP contribution in [-0.4, -0.2) is 22.0 Å². The second-order valence-corrected chi connectivity index (χ2v) is 4.89. The highest BCUT2D eigenvalue weighted by molar-refractivity contribution is 6.36. The molecule has 0 atom stereocenters. The third-order valence-corrected chi connectivity index (χ3v) is 3.29. The first-order valence-corrected chi connectivity index (χ1v) is 6.54. The molecule has 100 valence electrons. The van der Waals surface area contributed by atoms with Gasteiger partial charge in [0.15, 0.2) is 0 Å². The number of carbonyl (C=O) groups is 1. The fourth-order valence-electron chi connectivity index (χ4n) is 1.70. The molecule has 2 aromatic rings. The lowest BCUT2D eigenvalue weighted by atomic mass is 10.2. The molecule has 0 aliphatic heterocycles. The van der Waals surface area contributed by atoms with Gasteiger partial charge < -0.3 is 9.88 Å². The zero-order valence-electron chi connectivity index (χ0n) is 10.4. The quantitative estimate of drug-likeness (QED) is 0.943. The summed E-state index contributed by atoms with van der Waals surface area (Å²) < 4.78 is 1.96. The summed E-state index contributed by atoms with van der Waals surface area (Å²) in [5.41, 5.74) is 0.424. The van der Waals surface area contributed by atoms with E-state index in [1.54, 1.807) is 24.4 Å². The molecule has 0 saturated heterocycles. The van der Waals surface area contributed by atoms with E-state index in [1.165, 1.54) is 0 Å². The Balaban J connectivity index is 1.93. The van der Waals surface area contributed by atoms with E-state index in [4.69, 9.17) is 23.2 Å². The van der Waals surface area contributed by atoms with Crippen LogP contribution < -0.4 is 5.32 Å². The molecule has 1 aromatic carbocycles. The van der Waals surface area contributed by atoms with Crippen molar-refractivity contribution in [1.82, 2.24) is 14.9 Å². The monoisotopic (exact) mass is 297 g/mol. The van der Waals surface area contributed by atoms with Crippen molar-refractivity contribution in [3.63, 3.8) is 0 Å². The van der Waals surface area contributed by atoms with Gasteiger partial charge in [0, 0.05) is 30.5 Å². The Bertz CT molecular complexity index is 595. The topological polar surface area (TPSA) is 46.9 Å². The summed E-state index contributed by atoms with van der Waals surface area (Å²) in [5, 5.41) is 3.67. The molecule has 0 fully saturated rings. The normalized spacial score (nSPS) is 10.5. The average molecular weight is 298 g/mol. The van der Waals surface area contributed by atoms with E-state index in [1.807, 2.05) is 17.7 Å². The van der Waals surface area contributed by atoms with Gasteiger partial charge in [0.25, 0.3) is 5.91 Å². The minimum absolute atomic E-state index is 0.209. The molecule has 1 aromatic heterocycles. The van der Waals surface area contributed by atoms with E-state index >= 15 is 0 Å². The fourth-order valence-corrected chi connectivity index (χ4v) is 2.19. The van der Waals surface area contributed by atoms with Crippen molar-refractivity contribution < 1.29 is 4.79 Å². The number of imidazole rings is 1. The Kier molecular flexibility index (Phi) is 4.45. The van der Waals surface area contributed by atoms with Crippen LogP contribution in [0.1, 0.15) is 16.2 Å². The number of nitrogens with zero attached hydrogens (tertiary/aromatic N) is 2. The first-order chi connectivity index (χ1) is 9.08. The van der Waals surface area contributed by atoms with E-state index in [-0.39, 0.29) is 5.91 Å². The highest BCUT2D eigenvalue weighted by Crippen LogP contribution is 2.20. The molecule has 0 saturated carbocycles. The number of carbonyl (C=O) groups excluding carboxylic acids is 1. The van der Waals surface area contributed by atoms with E-state index in [2.05, 4.69) is 10.3 Å². The molecular weight excluding hydrogens is 285 g/mol. The number of benzene rings is 1. The van der Waals surface area contributed by atoms with Gasteiger partial charge >= 0.3 is 0 Å². The molecule has 1 N–H and O–H groups in total. The number of amides is 1. The lowest BCUT2D eigenvalue weighted by Crippen LogP contribution is -2.27. The number of hydrogen-bond acceptors (Lipinski definition) is 2. The fraction of sp³-hybridized carbons (Fsp3) is 0.231. The van der Waals surface area contributed by atoms with Gasteiger partial charge in [0.2, 0.25) is 0 Å². The lowest BCUT2D eigenvalue weighted by Gasteiger charge is -2.08. The van der Waals surface area contributed by atoms with Gasteiger partial charge in [-0.2, -0.15) is 0 Å². The molecule has 0 bridgehead atoms. The molecule has 4 nitrogen and oxygen atoms in total. The number of rotatable bonds is 4. The van der Waals surface area contributed by atoms with Crippen LogP contribution in [-0.2, 0) is 6.54 Å². The van der Waals surface area contributed by atoms with Crippen LogP contribution in [0.15, 0.2) is 30.6 Å². The Hall–Kier alpha value is -1.52. The summed E-state index contributed by atoms with van der Waals surface area (Å²) in [6.45, 7) is 3.09. The van der Waals surface area contributed by atoms with E-state index < -0.39 is 0 Å². The second kappa shape index (κ2) is 6.08. The van der Waals surface area contributed by atoms with Crippen molar-refractivity contribution in [3.05, 3.63) is 52.0 Å². The first kappa shape index (κ1) is 13.9. The average Bonchev–Trinajstić information content (AvgIpc) is 2.75. The zero-order valence-corrected chi connectivity index (χ0v) is 11.9. The van der Waals surface area contributed by atoms with Gasteiger partial charge in [-0.05, 0) is 25.1 Å². The van der Waals surface area contributed by atoms with Crippen molar-refractivity contribution in [2.45, 2.75) is 13.5 Å². The van der Waals surface area contributed by atoms with E-state index in [9.17, 15) is 4.79 Å². The van der Waals surface area contributed by atoms with Crippen LogP contribution in [0.5, 0.6) is 0 Å². The second-order valence-electron chi connectivity index (χ2n) is 4.05. The molecule has 0 radical (unpaired) electrons. The van der Waals surface area contributed by atoms with Gasteiger partial charge in [0.1, 0.15) is 5.82 Å². The van der Waals surface area contributed by atoms with Crippen LogP contribution in [0.3, 0.4) is 0 Å². The molecule has 1 heterocycles. The third-order valence-electron chi connectivity index (χ3n) is 2.74. The first-order valence-electron chi connectivity index (χ1n) is 5.79. The number of aromatic nitrogens is 2. The summed E-state index contributed by atoms with van der Waals surface area (Å²) in [5.74, 6) is 0.707. The van der Waals surface area contributed by atoms with Crippen molar-refractivity contribution in [2.24, 2.45) is 0 Å². The van der Waals surface area contributed by atoms with Crippen molar-refractivity contribution in [3.8, 4) is 0 Å². The van der Waals surface area contributed by atoms with E-state index in [0.29, 0.717) is 28.7 Å². The summed E-state index contributed by atoms with van der Waals surface area (Å²) in [4.78, 5) is 16.0. The molecule has 0 aliphatic rings. The molecule has 0 unspecified atom stereocenters. The van der Waals surface area contributed by atoms with Crippen LogP contribution in [0.4, 0.5) is 0 Å². The minimum Gasteiger partial charge on any atom is -0.350 e.